The van der Waals surface area contributed by atoms with Gasteiger partial charge in [0.2, 0.25) is 5.95 Å². The number of nitrogens with zero attached hydrogens (tertiary/aromatic N) is 3. The van der Waals surface area contributed by atoms with E-state index >= 15 is 0 Å². The average Bonchev–Trinajstić information content (AvgIpc) is 3.03. The Labute approximate surface area is 128 Å². The van der Waals surface area contributed by atoms with Crippen molar-refractivity contribution in [1.29, 1.82) is 0 Å². The third kappa shape index (κ3) is 2.87. The van der Waals surface area contributed by atoms with Crippen molar-refractivity contribution in [1.82, 2.24) is 19.5 Å². The number of hydrogen-bond acceptors (Lipinski definition) is 8. The highest BCUT2D eigenvalue weighted by Gasteiger charge is 2.47. The third-order valence-corrected chi connectivity index (χ3v) is 3.75. The van der Waals surface area contributed by atoms with Gasteiger partial charge in [-0.15, -0.1) is 0 Å². The fraction of sp³-hybridized carbons (Fsp3) is 0.500. The highest BCUT2D eigenvalue weighted by atomic mass is 31.2. The second-order valence-corrected chi connectivity index (χ2v) is 6.62. The zero-order valence-corrected chi connectivity index (χ0v) is 12.5. The Morgan fingerprint density at radius 1 is 1.61 bits per heavy atom. The van der Waals surface area contributed by atoms with Gasteiger partial charge >= 0.3 is 7.60 Å². The molecule has 1 aliphatic rings. The number of aromatic nitrogens is 4. The van der Waals surface area contributed by atoms with E-state index < -0.39 is 31.5 Å². The molecule has 0 radical (unpaired) electrons. The van der Waals surface area contributed by atoms with Gasteiger partial charge in [-0.3, -0.25) is 9.36 Å². The first-order chi connectivity index (χ1) is 10.7. The topological polar surface area (TPSA) is 186 Å². The average molecular weight is 347 g/mol. The zero-order valence-electron chi connectivity index (χ0n) is 11.6. The molecule has 1 aliphatic heterocycles. The highest BCUT2D eigenvalue weighted by Crippen LogP contribution is 2.40. The molecular weight excluding hydrogens is 333 g/mol. The van der Waals surface area contributed by atoms with Crippen molar-refractivity contribution < 1.29 is 28.9 Å². The lowest BCUT2D eigenvalue weighted by molar-refractivity contribution is -0.261. The van der Waals surface area contributed by atoms with Crippen molar-refractivity contribution in [2.45, 2.75) is 18.4 Å². The Bertz CT molecular complexity index is 844. The Kier molecular flexibility index (Phi) is 3.75. The van der Waals surface area contributed by atoms with Gasteiger partial charge in [-0.2, -0.15) is 4.98 Å². The number of nitrogens with two attached hydrogens (primary N) is 1. The zero-order chi connectivity index (χ0) is 16.8. The molecule has 23 heavy (non-hydrogen) atoms. The predicted molar refractivity (Wildman–Crippen MR) is 75.1 cm³/mol. The Morgan fingerprint density at radius 3 is 2.96 bits per heavy atom. The quantitative estimate of drug-likeness (QED) is 0.397. The Morgan fingerprint density at radius 2 is 2.35 bits per heavy atom. The maximum absolute atomic E-state index is 12.6. The van der Waals surface area contributed by atoms with Crippen molar-refractivity contribution >= 4 is 24.7 Å². The van der Waals surface area contributed by atoms with Crippen LogP contribution in [0.5, 0.6) is 0 Å². The van der Waals surface area contributed by atoms with E-state index in [2.05, 4.69) is 15.0 Å². The van der Waals surface area contributed by atoms with Gasteiger partial charge in [0.1, 0.15) is 0 Å². The summed E-state index contributed by atoms with van der Waals surface area (Å²) in [6, 6.07) is 0. The smallest absolute Gasteiger partial charge is 0.351 e. The minimum absolute atomic E-state index is 0.0170. The molecule has 0 bridgehead atoms. The lowest BCUT2D eigenvalue weighted by Crippen LogP contribution is -2.45. The lowest BCUT2D eigenvalue weighted by atomic mass is 10.2. The number of nitrogens with one attached hydrogen (secondary N) is 1. The molecule has 0 spiro atoms. The minimum atomic E-state index is -4.55. The normalized spacial score (nSPS) is 25.3. The molecule has 2 aromatic heterocycles. The minimum Gasteiger partial charge on any atom is -0.390 e. The van der Waals surface area contributed by atoms with E-state index in [9.17, 15) is 14.5 Å². The van der Waals surface area contributed by atoms with Crippen LogP contribution in [-0.2, 0) is 19.9 Å². The van der Waals surface area contributed by atoms with Crippen LogP contribution in [0.15, 0.2) is 11.1 Å². The molecule has 0 saturated carbocycles. The molecule has 12 nitrogen and oxygen atoms in total. The van der Waals surface area contributed by atoms with Crippen LogP contribution >= 0.6 is 7.60 Å². The van der Waals surface area contributed by atoms with Gasteiger partial charge in [-0.05, 0) is 0 Å². The van der Waals surface area contributed by atoms with Crippen LogP contribution in [0.3, 0.4) is 0 Å². The number of aliphatic hydroxyl groups is 1. The van der Waals surface area contributed by atoms with Crippen LogP contribution in [-0.4, -0.2) is 53.5 Å². The summed E-state index contributed by atoms with van der Waals surface area (Å²) in [6.45, 7) is -0.200. The van der Waals surface area contributed by atoms with Crippen LogP contribution < -0.4 is 11.3 Å². The molecule has 2 aromatic rings. The van der Waals surface area contributed by atoms with Crippen LogP contribution in [0.2, 0.25) is 0 Å². The first kappa shape index (κ1) is 16.1. The fourth-order valence-electron chi connectivity index (χ4n) is 2.38. The molecule has 0 aliphatic carbocycles. The van der Waals surface area contributed by atoms with E-state index in [1.165, 1.54) is 6.33 Å². The van der Waals surface area contributed by atoms with Crippen LogP contribution in [0.4, 0.5) is 5.95 Å². The van der Waals surface area contributed by atoms with E-state index in [0.29, 0.717) is 0 Å². The molecule has 2 atom stereocenters. The number of nitrogen functional groups attached to an aromatic ring is 1. The lowest BCUT2D eigenvalue weighted by Gasteiger charge is -2.30. The van der Waals surface area contributed by atoms with Crippen molar-refractivity contribution in [3.63, 3.8) is 0 Å². The van der Waals surface area contributed by atoms with E-state index in [1.807, 2.05) is 0 Å². The van der Waals surface area contributed by atoms with E-state index in [-0.39, 0.29) is 30.1 Å². The first-order valence-electron chi connectivity index (χ1n) is 6.44. The number of anilines is 1. The van der Waals surface area contributed by atoms with Crippen molar-refractivity contribution in [3.8, 4) is 0 Å². The second-order valence-electron chi connectivity index (χ2n) is 5.03. The van der Waals surface area contributed by atoms with Crippen LogP contribution in [0, 0.1) is 0 Å². The number of imidazole rings is 1. The van der Waals surface area contributed by atoms with E-state index in [1.54, 1.807) is 0 Å². The van der Waals surface area contributed by atoms with Crippen LogP contribution in [0.1, 0.15) is 6.42 Å². The molecule has 3 heterocycles. The molecule has 0 unspecified atom stereocenters. The molecule has 1 fully saturated rings. The Hall–Kier alpha value is -1.82. The van der Waals surface area contributed by atoms with Gasteiger partial charge in [0.25, 0.3) is 11.5 Å². The van der Waals surface area contributed by atoms with Crippen molar-refractivity contribution in [2.24, 2.45) is 0 Å². The summed E-state index contributed by atoms with van der Waals surface area (Å²) in [5.41, 5.74) is 5.15. The van der Waals surface area contributed by atoms with Gasteiger partial charge < -0.3 is 35.1 Å². The predicted octanol–water partition coefficient (Wildman–Crippen LogP) is -1.75. The number of ether oxygens (including phenoxy) is 2. The Balaban J connectivity index is 2.14. The molecule has 1 saturated heterocycles. The summed E-state index contributed by atoms with van der Waals surface area (Å²) in [7, 11) is -4.55. The number of H-pyrrole nitrogens is 1. The van der Waals surface area contributed by atoms with E-state index in [0.717, 1.165) is 4.57 Å². The first-order valence-corrected chi connectivity index (χ1v) is 8.24. The summed E-state index contributed by atoms with van der Waals surface area (Å²) in [5.74, 6) is -2.29. The SMILES string of the molecule is Nc1nc2nc[nH]c2c(=O)n1[C@@]1(OCP(=O)(O)O)C[C@H](O)CO1. The van der Waals surface area contributed by atoms with Gasteiger partial charge in [0.15, 0.2) is 17.5 Å². The number of hydrogen-bond donors (Lipinski definition) is 5. The van der Waals surface area contributed by atoms with Gasteiger partial charge in [-0.1, -0.05) is 0 Å². The molecule has 0 aromatic carbocycles. The maximum atomic E-state index is 12.6. The molecule has 126 valence electrons. The number of fused-ring (bicyclic) bond motifs is 1. The molecule has 0 amide bonds. The second kappa shape index (κ2) is 5.37. The number of aliphatic hydroxyl groups excluding tert-OH is 1. The monoisotopic (exact) mass is 347 g/mol. The summed E-state index contributed by atoms with van der Waals surface area (Å²) < 4.78 is 22.4. The summed E-state index contributed by atoms with van der Waals surface area (Å²) >= 11 is 0. The fourth-order valence-corrected chi connectivity index (χ4v) is 2.75. The third-order valence-electron chi connectivity index (χ3n) is 3.28. The highest BCUT2D eigenvalue weighted by molar-refractivity contribution is 7.51. The largest absolute Gasteiger partial charge is 0.390 e. The summed E-state index contributed by atoms with van der Waals surface area (Å²) in [5, 5.41) is 9.71. The molecule has 6 N–H and O–H groups in total. The molecule has 13 heteroatoms. The van der Waals surface area contributed by atoms with E-state index in [4.69, 9.17) is 25.0 Å². The number of aromatic amines is 1. The van der Waals surface area contributed by atoms with Gasteiger partial charge in [-0.25, -0.2) is 9.55 Å². The number of rotatable bonds is 4. The van der Waals surface area contributed by atoms with Crippen molar-refractivity contribution in [3.05, 3.63) is 16.7 Å². The van der Waals surface area contributed by atoms with Crippen LogP contribution in [0.25, 0.3) is 11.2 Å². The van der Waals surface area contributed by atoms with Gasteiger partial charge in [0.05, 0.1) is 25.5 Å². The summed E-state index contributed by atoms with van der Waals surface area (Å²) in [4.78, 5) is 40.9. The standard InChI is InChI=1S/C10H14N5O7P/c11-9-14-7-6(12-3-13-7)8(17)15(9)10(1-5(16)2-21-10)22-4-23(18,19)20/h3,5,16H,1-2,4H2,(H2,11,14)(H,12,13)(H2,18,19,20)/t5-,10-/m0/s1. The maximum Gasteiger partial charge on any atom is 0.351 e. The summed E-state index contributed by atoms with van der Waals surface area (Å²) in [6.07, 6.45) is -1.03. The van der Waals surface area contributed by atoms with Gasteiger partial charge in [0, 0.05) is 0 Å². The van der Waals surface area contributed by atoms with Crippen molar-refractivity contribution in [2.75, 3.05) is 18.7 Å². The molecule has 3 rings (SSSR count). The molecular formula is C10H14N5O7P.